The molecule has 2 aromatic carbocycles. The standard InChI is InChI=1S/C25H27FN6O3/c1-5-25(35)23(34)31(3)20-15(2)28-24(30-21(20)32(25)4)27-14-16-6-12-19(13-7-16)29-22(33)17-8-10-18(26)11-9-17/h6-13,35H,5,14H2,1-4H3,(H,29,33)(H,27,28,30)/t25-/m0/s1. The van der Waals surface area contributed by atoms with Gasteiger partial charge in [0.05, 0.1) is 5.69 Å². The highest BCUT2D eigenvalue weighted by atomic mass is 19.1. The van der Waals surface area contributed by atoms with Crippen molar-refractivity contribution in [2.75, 3.05) is 34.5 Å². The van der Waals surface area contributed by atoms with E-state index in [4.69, 9.17) is 0 Å². The number of rotatable bonds is 6. The Hall–Kier alpha value is -4.05. The predicted molar refractivity (Wildman–Crippen MR) is 132 cm³/mol. The Kier molecular flexibility index (Phi) is 6.40. The van der Waals surface area contributed by atoms with Crippen LogP contribution in [0.2, 0.25) is 0 Å². The monoisotopic (exact) mass is 478 g/mol. The maximum atomic E-state index is 13.0. The number of carbonyl (C=O) groups is 2. The maximum Gasteiger partial charge on any atom is 0.280 e. The molecule has 10 heteroatoms. The normalized spacial score (nSPS) is 17.3. The summed E-state index contributed by atoms with van der Waals surface area (Å²) in [6.45, 7) is 3.95. The van der Waals surface area contributed by atoms with E-state index in [1.807, 2.05) is 12.1 Å². The molecular weight excluding hydrogens is 451 g/mol. The fourth-order valence-electron chi connectivity index (χ4n) is 4.03. The van der Waals surface area contributed by atoms with Gasteiger partial charge in [0.15, 0.2) is 5.82 Å². The highest BCUT2D eigenvalue weighted by Gasteiger charge is 2.48. The maximum absolute atomic E-state index is 13.0. The summed E-state index contributed by atoms with van der Waals surface area (Å²) in [7, 11) is 3.25. The molecule has 0 aliphatic carbocycles. The van der Waals surface area contributed by atoms with Gasteiger partial charge in [0.25, 0.3) is 11.8 Å². The van der Waals surface area contributed by atoms with E-state index >= 15 is 0 Å². The van der Waals surface area contributed by atoms with E-state index in [9.17, 15) is 19.1 Å². The fourth-order valence-corrected chi connectivity index (χ4v) is 4.03. The smallest absolute Gasteiger partial charge is 0.280 e. The molecule has 1 aromatic heterocycles. The molecule has 0 fully saturated rings. The first-order chi connectivity index (χ1) is 16.6. The quantitative estimate of drug-likeness (QED) is 0.499. The van der Waals surface area contributed by atoms with Crippen molar-refractivity contribution < 1.29 is 19.1 Å². The molecule has 3 aromatic rings. The number of carbonyl (C=O) groups excluding carboxylic acids is 2. The number of nitrogens with zero attached hydrogens (tertiary/aromatic N) is 4. The third-order valence-electron chi connectivity index (χ3n) is 6.16. The average Bonchev–Trinajstić information content (AvgIpc) is 2.85. The molecule has 0 saturated carbocycles. The van der Waals surface area contributed by atoms with Crippen LogP contribution in [0.4, 0.5) is 27.5 Å². The zero-order valence-corrected chi connectivity index (χ0v) is 20.0. The Morgan fingerprint density at radius 1 is 1.09 bits per heavy atom. The first-order valence-corrected chi connectivity index (χ1v) is 11.2. The summed E-state index contributed by atoms with van der Waals surface area (Å²) in [5.74, 6) is -0.319. The summed E-state index contributed by atoms with van der Waals surface area (Å²) < 4.78 is 13.0. The van der Waals surface area contributed by atoms with E-state index in [-0.39, 0.29) is 12.3 Å². The topological polar surface area (TPSA) is 111 Å². The Balaban J connectivity index is 1.46. The number of benzene rings is 2. The molecule has 2 heterocycles. The molecule has 0 saturated heterocycles. The van der Waals surface area contributed by atoms with Gasteiger partial charge in [-0.05, 0) is 48.9 Å². The molecule has 0 radical (unpaired) electrons. The van der Waals surface area contributed by atoms with Crippen molar-refractivity contribution in [3.05, 3.63) is 71.2 Å². The van der Waals surface area contributed by atoms with Crippen molar-refractivity contribution in [2.45, 2.75) is 32.5 Å². The van der Waals surface area contributed by atoms with Crippen LogP contribution in [-0.2, 0) is 11.3 Å². The molecule has 182 valence electrons. The van der Waals surface area contributed by atoms with E-state index < -0.39 is 17.4 Å². The number of nitrogens with one attached hydrogen (secondary N) is 2. The molecule has 0 bridgehead atoms. The second kappa shape index (κ2) is 9.30. The molecule has 35 heavy (non-hydrogen) atoms. The molecule has 3 N–H and O–H groups in total. The van der Waals surface area contributed by atoms with Gasteiger partial charge in [-0.2, -0.15) is 4.98 Å². The number of halogens is 1. The van der Waals surface area contributed by atoms with Crippen LogP contribution in [0.5, 0.6) is 0 Å². The first-order valence-electron chi connectivity index (χ1n) is 11.2. The van der Waals surface area contributed by atoms with Gasteiger partial charge in [0, 0.05) is 38.3 Å². The van der Waals surface area contributed by atoms with Crippen LogP contribution in [0.25, 0.3) is 0 Å². The van der Waals surface area contributed by atoms with Crippen molar-refractivity contribution in [3.8, 4) is 0 Å². The van der Waals surface area contributed by atoms with Crippen LogP contribution in [0.1, 0.15) is 35.0 Å². The number of aromatic nitrogens is 2. The van der Waals surface area contributed by atoms with Crippen LogP contribution in [-0.4, -0.2) is 46.7 Å². The molecule has 2 amide bonds. The summed E-state index contributed by atoms with van der Waals surface area (Å²) >= 11 is 0. The van der Waals surface area contributed by atoms with E-state index in [0.717, 1.165) is 5.56 Å². The molecular formula is C25H27FN6O3. The van der Waals surface area contributed by atoms with Gasteiger partial charge in [0.1, 0.15) is 11.5 Å². The van der Waals surface area contributed by atoms with Gasteiger partial charge in [-0.3, -0.25) is 9.59 Å². The minimum Gasteiger partial charge on any atom is -0.363 e. The predicted octanol–water partition coefficient (Wildman–Crippen LogP) is 3.30. The van der Waals surface area contributed by atoms with Gasteiger partial charge in [-0.15, -0.1) is 0 Å². The zero-order chi connectivity index (χ0) is 25.3. The van der Waals surface area contributed by atoms with Gasteiger partial charge in [-0.1, -0.05) is 19.1 Å². The van der Waals surface area contributed by atoms with Crippen LogP contribution in [0.3, 0.4) is 0 Å². The molecule has 4 rings (SSSR count). The van der Waals surface area contributed by atoms with Crippen LogP contribution in [0.15, 0.2) is 48.5 Å². The molecule has 1 atom stereocenters. The molecule has 1 aliphatic rings. The minimum absolute atomic E-state index is 0.210. The molecule has 0 spiro atoms. The zero-order valence-electron chi connectivity index (χ0n) is 20.0. The van der Waals surface area contributed by atoms with Crippen LogP contribution < -0.4 is 20.4 Å². The Labute approximate surface area is 202 Å². The van der Waals surface area contributed by atoms with Crippen molar-refractivity contribution in [2.24, 2.45) is 0 Å². The number of fused-ring (bicyclic) bond motifs is 1. The summed E-state index contributed by atoms with van der Waals surface area (Å²) in [5, 5.41) is 16.9. The van der Waals surface area contributed by atoms with Gasteiger partial charge < -0.3 is 25.5 Å². The largest absolute Gasteiger partial charge is 0.363 e. The summed E-state index contributed by atoms with van der Waals surface area (Å²) in [4.78, 5) is 36.9. The van der Waals surface area contributed by atoms with E-state index in [2.05, 4.69) is 20.6 Å². The van der Waals surface area contributed by atoms with Crippen molar-refractivity contribution in [1.82, 2.24) is 9.97 Å². The van der Waals surface area contributed by atoms with Crippen LogP contribution in [0, 0.1) is 12.7 Å². The fraction of sp³-hybridized carbons (Fsp3) is 0.280. The van der Waals surface area contributed by atoms with E-state index in [1.54, 1.807) is 40.1 Å². The second-order valence-electron chi connectivity index (χ2n) is 8.41. The number of aliphatic hydroxyl groups is 1. The number of likely N-dealkylation sites (N-methyl/N-ethyl adjacent to an activating group) is 2. The number of hydrogen-bond donors (Lipinski definition) is 3. The van der Waals surface area contributed by atoms with Crippen molar-refractivity contribution >= 4 is 35.0 Å². The Bertz CT molecular complexity index is 1270. The third kappa shape index (κ3) is 4.52. The van der Waals surface area contributed by atoms with E-state index in [1.165, 1.54) is 34.1 Å². The minimum atomic E-state index is -1.67. The lowest BCUT2D eigenvalue weighted by atomic mass is 10.0. The van der Waals surface area contributed by atoms with E-state index in [0.29, 0.717) is 40.9 Å². The number of anilines is 4. The number of hydrogen-bond acceptors (Lipinski definition) is 7. The number of aryl methyl sites for hydroxylation is 1. The summed E-state index contributed by atoms with van der Waals surface area (Å²) in [6.07, 6.45) is 0.210. The van der Waals surface area contributed by atoms with Gasteiger partial charge >= 0.3 is 0 Å². The lowest BCUT2D eigenvalue weighted by Gasteiger charge is -2.44. The second-order valence-corrected chi connectivity index (χ2v) is 8.41. The highest BCUT2D eigenvalue weighted by Crippen LogP contribution is 2.39. The van der Waals surface area contributed by atoms with Crippen molar-refractivity contribution in [1.29, 1.82) is 0 Å². The lowest BCUT2D eigenvalue weighted by molar-refractivity contribution is -0.137. The summed E-state index contributed by atoms with van der Waals surface area (Å²) in [5.41, 5.74) is 1.39. The SMILES string of the molecule is CC[C@]1(O)C(=O)N(C)c2c(C)nc(NCc3ccc(NC(=O)c4ccc(F)cc4)cc3)nc2N1C. The van der Waals surface area contributed by atoms with Crippen LogP contribution >= 0.6 is 0 Å². The average molecular weight is 479 g/mol. The van der Waals surface area contributed by atoms with Crippen molar-refractivity contribution in [3.63, 3.8) is 0 Å². The highest BCUT2D eigenvalue weighted by molar-refractivity contribution is 6.06. The Morgan fingerprint density at radius 2 is 1.74 bits per heavy atom. The number of amides is 2. The summed E-state index contributed by atoms with van der Waals surface area (Å²) in [6, 6.07) is 12.6. The van der Waals surface area contributed by atoms with Gasteiger partial charge in [-0.25, -0.2) is 9.37 Å². The molecule has 0 unspecified atom stereocenters. The van der Waals surface area contributed by atoms with Gasteiger partial charge in [0.2, 0.25) is 11.7 Å². The molecule has 9 nitrogen and oxygen atoms in total. The lowest BCUT2D eigenvalue weighted by Crippen LogP contribution is -2.61. The first kappa shape index (κ1) is 24.1. The third-order valence-corrected chi connectivity index (χ3v) is 6.16. The molecule has 1 aliphatic heterocycles. The Morgan fingerprint density at radius 3 is 2.37 bits per heavy atom.